The van der Waals surface area contributed by atoms with Crippen LogP contribution >= 0.6 is 34.7 Å². The first kappa shape index (κ1) is 28.3. The Kier molecular flexibility index (Phi) is 7.97. The number of piperazine rings is 1. The van der Waals surface area contributed by atoms with Crippen molar-refractivity contribution in [2.24, 2.45) is 0 Å². The molecule has 8 nitrogen and oxygen atoms in total. The van der Waals surface area contributed by atoms with Crippen LogP contribution < -0.4 is 4.90 Å². The van der Waals surface area contributed by atoms with Crippen LogP contribution in [-0.4, -0.2) is 56.7 Å². The number of hydrogen-bond acceptors (Lipinski definition) is 8. The van der Waals surface area contributed by atoms with E-state index in [2.05, 4.69) is 15.2 Å². The zero-order valence-electron chi connectivity index (χ0n) is 21.8. The number of amides is 1. The quantitative estimate of drug-likeness (QED) is 0.181. The second kappa shape index (κ2) is 11.8. The second-order valence-electron chi connectivity index (χ2n) is 9.31. The topological polar surface area (TPSA) is 80.3 Å². The van der Waals surface area contributed by atoms with Crippen molar-refractivity contribution < 1.29 is 22.4 Å². The maximum atomic E-state index is 13.2. The Morgan fingerprint density at radius 1 is 1.02 bits per heavy atom. The molecule has 0 N–H and O–H groups in total. The highest BCUT2D eigenvalue weighted by atomic mass is 35.5. The third-order valence-corrected chi connectivity index (χ3v) is 8.96. The summed E-state index contributed by atoms with van der Waals surface area (Å²) < 4.78 is 46.8. The number of halogens is 4. The highest BCUT2D eigenvalue weighted by Crippen LogP contribution is 2.34. The minimum Gasteiger partial charge on any atom is -0.461 e. The van der Waals surface area contributed by atoms with Crippen LogP contribution in [0.15, 0.2) is 81.9 Å². The van der Waals surface area contributed by atoms with E-state index in [1.165, 1.54) is 29.2 Å². The fraction of sp³-hybridized carbons (Fsp3) is 0.214. The van der Waals surface area contributed by atoms with E-state index in [1.54, 1.807) is 40.8 Å². The van der Waals surface area contributed by atoms with Crippen LogP contribution in [0, 0.1) is 0 Å². The second-order valence-corrected chi connectivity index (χ2v) is 11.6. The smallest absolute Gasteiger partial charge is 0.416 e. The van der Waals surface area contributed by atoms with E-state index < -0.39 is 11.7 Å². The lowest BCUT2D eigenvalue weighted by Gasteiger charge is -2.36. The zero-order chi connectivity index (χ0) is 29.3. The summed E-state index contributed by atoms with van der Waals surface area (Å²) in [5.41, 5.74) is 0.850. The molecule has 1 aliphatic rings. The van der Waals surface area contributed by atoms with Crippen LogP contribution in [0.2, 0.25) is 5.02 Å². The minimum absolute atomic E-state index is 0.203. The molecule has 0 radical (unpaired) electrons. The molecule has 0 unspecified atom stereocenters. The SMILES string of the molecule is O=C(c1csc(CSc2nnc(-c3ccco3)n2-c2ccccc2Cl)n1)N1CCN(c2cccc(C(F)(F)F)c2)CC1. The Labute approximate surface area is 251 Å². The van der Waals surface area contributed by atoms with Crippen LogP contribution in [0.3, 0.4) is 0 Å². The largest absolute Gasteiger partial charge is 0.461 e. The molecule has 42 heavy (non-hydrogen) atoms. The zero-order valence-corrected chi connectivity index (χ0v) is 24.2. The molecule has 6 rings (SSSR count). The molecule has 4 heterocycles. The van der Waals surface area contributed by atoms with E-state index in [4.69, 9.17) is 16.0 Å². The number of furan rings is 1. The molecule has 216 valence electrons. The number of hydrogen-bond donors (Lipinski definition) is 0. The number of nitrogens with zero attached hydrogens (tertiary/aromatic N) is 6. The van der Waals surface area contributed by atoms with E-state index in [0.29, 0.717) is 70.8 Å². The normalized spacial score (nSPS) is 14.0. The van der Waals surface area contributed by atoms with Crippen molar-refractivity contribution in [2.75, 3.05) is 31.1 Å². The van der Waals surface area contributed by atoms with Crippen molar-refractivity contribution in [3.8, 4) is 17.3 Å². The van der Waals surface area contributed by atoms with Crippen LogP contribution in [0.4, 0.5) is 18.9 Å². The van der Waals surface area contributed by atoms with Gasteiger partial charge in [-0.15, -0.1) is 21.5 Å². The summed E-state index contributed by atoms with van der Waals surface area (Å²) >= 11 is 9.28. The average molecular weight is 631 g/mol. The van der Waals surface area contributed by atoms with Crippen molar-refractivity contribution in [3.05, 3.63) is 93.6 Å². The number of anilines is 1. The first-order valence-corrected chi connectivity index (χ1v) is 15.0. The van der Waals surface area contributed by atoms with Crippen LogP contribution in [0.25, 0.3) is 17.3 Å². The number of thioether (sulfide) groups is 1. The molecule has 0 spiro atoms. The Hall–Kier alpha value is -3.81. The lowest BCUT2D eigenvalue weighted by Crippen LogP contribution is -2.49. The highest BCUT2D eigenvalue weighted by Gasteiger charge is 2.31. The summed E-state index contributed by atoms with van der Waals surface area (Å²) in [6, 6.07) is 16.2. The van der Waals surface area contributed by atoms with Gasteiger partial charge in [-0.1, -0.05) is 41.6 Å². The molecule has 3 aromatic heterocycles. The molecule has 0 saturated carbocycles. The summed E-state index contributed by atoms with van der Waals surface area (Å²) in [7, 11) is 0. The van der Waals surface area contributed by atoms with Gasteiger partial charge < -0.3 is 14.2 Å². The molecule has 1 saturated heterocycles. The number of carbonyl (C=O) groups is 1. The third kappa shape index (κ3) is 5.90. The summed E-state index contributed by atoms with van der Waals surface area (Å²) in [6.07, 6.45) is -2.84. The predicted molar refractivity (Wildman–Crippen MR) is 155 cm³/mol. The lowest BCUT2D eigenvalue weighted by molar-refractivity contribution is -0.137. The van der Waals surface area contributed by atoms with Gasteiger partial charge in [-0.05, 0) is 42.5 Å². The van der Waals surface area contributed by atoms with Crippen LogP contribution in [-0.2, 0) is 11.9 Å². The monoisotopic (exact) mass is 630 g/mol. The summed E-state index contributed by atoms with van der Waals surface area (Å²) in [5.74, 6) is 1.30. The fourth-order valence-electron chi connectivity index (χ4n) is 4.59. The Balaban J connectivity index is 1.11. The maximum Gasteiger partial charge on any atom is 0.416 e. The van der Waals surface area contributed by atoms with Gasteiger partial charge >= 0.3 is 6.18 Å². The standard InChI is InChI=1S/C28H22ClF3N6O2S2/c29-20-7-1-2-8-22(20)38-25(23-9-4-14-40-23)34-35-27(38)42-17-24-33-21(16-41-24)26(39)37-12-10-36(11-13-37)19-6-3-5-18(15-19)28(30,31)32/h1-9,14-16H,10-13,17H2. The molecule has 0 aliphatic carbocycles. The van der Waals surface area contributed by atoms with Gasteiger partial charge in [0.2, 0.25) is 5.82 Å². The number of para-hydroxylation sites is 1. The summed E-state index contributed by atoms with van der Waals surface area (Å²) in [6.45, 7) is 1.62. The van der Waals surface area contributed by atoms with E-state index in [0.717, 1.165) is 17.1 Å². The van der Waals surface area contributed by atoms with Crippen molar-refractivity contribution in [3.63, 3.8) is 0 Å². The molecule has 0 atom stereocenters. The van der Waals surface area contributed by atoms with Gasteiger partial charge in [-0.3, -0.25) is 9.36 Å². The first-order valence-electron chi connectivity index (χ1n) is 12.8. The minimum atomic E-state index is -4.40. The van der Waals surface area contributed by atoms with Gasteiger partial charge in [0.05, 0.1) is 28.3 Å². The first-order chi connectivity index (χ1) is 20.3. The molecular weight excluding hydrogens is 609 g/mol. The average Bonchev–Trinajstić information content (AvgIpc) is 3.77. The number of alkyl halides is 3. The van der Waals surface area contributed by atoms with Gasteiger partial charge in [0.25, 0.3) is 5.91 Å². The van der Waals surface area contributed by atoms with Crippen LogP contribution in [0.1, 0.15) is 21.1 Å². The molecule has 1 fully saturated rings. The number of rotatable bonds is 7. The van der Waals surface area contributed by atoms with Gasteiger partial charge in [0, 0.05) is 37.2 Å². The predicted octanol–water partition coefficient (Wildman–Crippen LogP) is 6.91. The molecule has 1 aliphatic heterocycles. The van der Waals surface area contributed by atoms with Gasteiger partial charge in [-0.2, -0.15) is 13.2 Å². The molecule has 14 heteroatoms. The van der Waals surface area contributed by atoms with E-state index >= 15 is 0 Å². The van der Waals surface area contributed by atoms with Crippen molar-refractivity contribution in [1.82, 2.24) is 24.6 Å². The molecule has 5 aromatic rings. The van der Waals surface area contributed by atoms with Crippen LogP contribution in [0.5, 0.6) is 0 Å². The number of benzene rings is 2. The number of carbonyl (C=O) groups excluding carboxylic acids is 1. The summed E-state index contributed by atoms with van der Waals surface area (Å²) in [5, 5.41) is 12.3. The number of aromatic nitrogens is 4. The molecule has 2 aromatic carbocycles. The molecular formula is C28H22ClF3N6O2S2. The van der Waals surface area contributed by atoms with Gasteiger partial charge in [0.1, 0.15) is 10.7 Å². The van der Waals surface area contributed by atoms with Crippen molar-refractivity contribution >= 4 is 46.3 Å². The molecule has 1 amide bonds. The fourth-order valence-corrected chi connectivity index (χ4v) is 6.54. The van der Waals surface area contributed by atoms with Gasteiger partial charge in [0.15, 0.2) is 10.9 Å². The Morgan fingerprint density at radius 2 is 1.83 bits per heavy atom. The van der Waals surface area contributed by atoms with Crippen molar-refractivity contribution in [1.29, 1.82) is 0 Å². The highest BCUT2D eigenvalue weighted by molar-refractivity contribution is 7.98. The maximum absolute atomic E-state index is 13.2. The Bertz CT molecular complexity index is 1700. The lowest BCUT2D eigenvalue weighted by atomic mass is 10.1. The van der Waals surface area contributed by atoms with Gasteiger partial charge in [-0.25, -0.2) is 4.98 Å². The van der Waals surface area contributed by atoms with Crippen molar-refractivity contribution in [2.45, 2.75) is 17.1 Å². The van der Waals surface area contributed by atoms with E-state index in [9.17, 15) is 18.0 Å². The molecule has 0 bridgehead atoms. The third-order valence-electron chi connectivity index (χ3n) is 6.67. The van der Waals surface area contributed by atoms with E-state index in [1.807, 2.05) is 27.7 Å². The number of thiazole rings is 1. The summed E-state index contributed by atoms with van der Waals surface area (Å²) in [4.78, 5) is 21.3. The van der Waals surface area contributed by atoms with E-state index in [-0.39, 0.29) is 5.91 Å². The Morgan fingerprint density at radius 3 is 2.57 bits per heavy atom.